The minimum Gasteiger partial charge on any atom is -0.396 e. The molecule has 17 heavy (non-hydrogen) atoms. The summed E-state index contributed by atoms with van der Waals surface area (Å²) in [4.78, 5) is 2.16. The van der Waals surface area contributed by atoms with Crippen molar-refractivity contribution in [3.8, 4) is 6.07 Å². The molecule has 1 aromatic carbocycles. The molecule has 3 nitrogen and oxygen atoms in total. The van der Waals surface area contributed by atoms with Crippen LogP contribution in [0.1, 0.15) is 25.8 Å². The molecule has 0 radical (unpaired) electrons. The molecule has 92 valence electrons. The van der Waals surface area contributed by atoms with Crippen molar-refractivity contribution < 1.29 is 5.11 Å². The summed E-state index contributed by atoms with van der Waals surface area (Å²) in [5, 5.41) is 18.2. The van der Waals surface area contributed by atoms with Gasteiger partial charge in [0.25, 0.3) is 0 Å². The first-order chi connectivity index (χ1) is 8.10. The van der Waals surface area contributed by atoms with E-state index in [9.17, 15) is 0 Å². The number of halogens is 1. The van der Waals surface area contributed by atoms with E-state index in [0.717, 1.165) is 18.7 Å². The number of aliphatic hydroxyl groups excluding tert-OH is 1. The summed E-state index contributed by atoms with van der Waals surface area (Å²) in [6, 6.07) is 7.79. The van der Waals surface area contributed by atoms with Gasteiger partial charge in [0.05, 0.1) is 10.6 Å². The van der Waals surface area contributed by atoms with Crippen LogP contribution in [0.5, 0.6) is 0 Å². The molecule has 0 bridgehead atoms. The van der Waals surface area contributed by atoms with Gasteiger partial charge in [-0.1, -0.05) is 11.6 Å². The van der Waals surface area contributed by atoms with Crippen molar-refractivity contribution >= 4 is 17.3 Å². The number of nitriles is 1. The highest BCUT2D eigenvalue weighted by Crippen LogP contribution is 2.24. The molecule has 0 aliphatic carbocycles. The SMILES string of the molecule is CC(C)N(CCCO)c1ccc(C#N)c(Cl)c1. The molecule has 0 amide bonds. The van der Waals surface area contributed by atoms with Gasteiger partial charge in [-0.25, -0.2) is 0 Å². The van der Waals surface area contributed by atoms with E-state index in [1.165, 1.54) is 0 Å². The summed E-state index contributed by atoms with van der Waals surface area (Å²) in [5.41, 5.74) is 1.47. The molecule has 1 aromatic rings. The van der Waals surface area contributed by atoms with Crippen molar-refractivity contribution in [3.05, 3.63) is 28.8 Å². The third-order valence-electron chi connectivity index (χ3n) is 2.59. The zero-order valence-electron chi connectivity index (χ0n) is 10.2. The van der Waals surface area contributed by atoms with Crippen LogP contribution in [0.3, 0.4) is 0 Å². The van der Waals surface area contributed by atoms with Crippen molar-refractivity contribution in [2.45, 2.75) is 26.3 Å². The molecule has 0 spiro atoms. The predicted molar refractivity (Wildman–Crippen MR) is 70.4 cm³/mol. The van der Waals surface area contributed by atoms with Gasteiger partial charge in [0.15, 0.2) is 0 Å². The van der Waals surface area contributed by atoms with Crippen LogP contribution in [0.15, 0.2) is 18.2 Å². The third-order valence-corrected chi connectivity index (χ3v) is 2.90. The van der Waals surface area contributed by atoms with Crippen LogP contribution in [0.2, 0.25) is 5.02 Å². The van der Waals surface area contributed by atoms with Crippen molar-refractivity contribution in [2.75, 3.05) is 18.1 Å². The molecule has 0 fully saturated rings. The normalized spacial score (nSPS) is 10.4. The smallest absolute Gasteiger partial charge is 0.101 e. The highest BCUT2D eigenvalue weighted by molar-refractivity contribution is 6.32. The second-order valence-electron chi connectivity index (χ2n) is 4.14. The lowest BCUT2D eigenvalue weighted by Gasteiger charge is -2.29. The van der Waals surface area contributed by atoms with Crippen molar-refractivity contribution in [3.63, 3.8) is 0 Å². The van der Waals surface area contributed by atoms with Crippen LogP contribution in [0.4, 0.5) is 5.69 Å². The lowest BCUT2D eigenvalue weighted by molar-refractivity contribution is 0.288. The van der Waals surface area contributed by atoms with Gasteiger partial charge in [-0.2, -0.15) is 5.26 Å². The van der Waals surface area contributed by atoms with Crippen LogP contribution in [0.25, 0.3) is 0 Å². The van der Waals surface area contributed by atoms with E-state index in [1.807, 2.05) is 12.1 Å². The first-order valence-electron chi connectivity index (χ1n) is 5.67. The van der Waals surface area contributed by atoms with Gasteiger partial charge < -0.3 is 10.0 Å². The Kier molecular flexibility index (Phi) is 5.27. The standard InChI is InChI=1S/C13H17ClN2O/c1-10(2)16(6-3-7-17)12-5-4-11(9-15)13(14)8-12/h4-5,8,10,17H,3,6-7H2,1-2H3. The molecule has 0 unspecified atom stereocenters. The largest absolute Gasteiger partial charge is 0.396 e. The lowest BCUT2D eigenvalue weighted by atomic mass is 10.1. The summed E-state index contributed by atoms with van der Waals surface area (Å²) in [6.07, 6.45) is 0.718. The van der Waals surface area contributed by atoms with Gasteiger partial charge in [0, 0.05) is 24.9 Å². The van der Waals surface area contributed by atoms with Gasteiger partial charge >= 0.3 is 0 Å². The van der Waals surface area contributed by atoms with E-state index in [-0.39, 0.29) is 6.61 Å². The number of hydrogen-bond donors (Lipinski definition) is 1. The number of rotatable bonds is 5. The first kappa shape index (κ1) is 13.8. The van der Waals surface area contributed by atoms with Gasteiger partial charge in [0.2, 0.25) is 0 Å². The number of aliphatic hydroxyl groups is 1. The minimum absolute atomic E-state index is 0.174. The van der Waals surface area contributed by atoms with Crippen LogP contribution < -0.4 is 4.90 Å². The van der Waals surface area contributed by atoms with E-state index in [0.29, 0.717) is 16.6 Å². The summed E-state index contributed by atoms with van der Waals surface area (Å²) in [5.74, 6) is 0. The monoisotopic (exact) mass is 252 g/mol. The number of nitrogens with zero attached hydrogens (tertiary/aromatic N) is 2. The minimum atomic E-state index is 0.174. The molecular formula is C13H17ClN2O. The Morgan fingerprint density at radius 3 is 2.65 bits per heavy atom. The average Bonchev–Trinajstić information content (AvgIpc) is 2.29. The lowest BCUT2D eigenvalue weighted by Crippen LogP contribution is -2.32. The van der Waals surface area contributed by atoms with Crippen molar-refractivity contribution in [2.24, 2.45) is 0 Å². The van der Waals surface area contributed by atoms with E-state index < -0.39 is 0 Å². The molecule has 4 heteroatoms. The summed E-state index contributed by atoms with van der Waals surface area (Å²) >= 11 is 6.01. The molecule has 0 saturated carbocycles. The maximum Gasteiger partial charge on any atom is 0.101 e. The Morgan fingerprint density at radius 2 is 2.18 bits per heavy atom. The molecule has 1 N–H and O–H groups in total. The summed E-state index contributed by atoms with van der Waals surface area (Å²) in [7, 11) is 0. The van der Waals surface area contributed by atoms with Crippen LogP contribution in [-0.2, 0) is 0 Å². The zero-order chi connectivity index (χ0) is 12.8. The average molecular weight is 253 g/mol. The second-order valence-corrected chi connectivity index (χ2v) is 4.55. The van der Waals surface area contributed by atoms with E-state index in [2.05, 4.69) is 18.7 Å². The maximum absolute atomic E-state index is 8.88. The molecule has 0 aliphatic rings. The number of hydrogen-bond acceptors (Lipinski definition) is 3. The van der Waals surface area contributed by atoms with Gasteiger partial charge in [-0.05, 0) is 38.5 Å². The Morgan fingerprint density at radius 1 is 1.47 bits per heavy atom. The zero-order valence-corrected chi connectivity index (χ0v) is 10.9. The molecule has 1 rings (SSSR count). The van der Waals surface area contributed by atoms with Crippen LogP contribution in [-0.4, -0.2) is 24.3 Å². The number of benzene rings is 1. The second kappa shape index (κ2) is 6.48. The van der Waals surface area contributed by atoms with Crippen molar-refractivity contribution in [1.29, 1.82) is 5.26 Å². The van der Waals surface area contributed by atoms with Crippen LogP contribution in [0, 0.1) is 11.3 Å². The molecular weight excluding hydrogens is 236 g/mol. The number of anilines is 1. The maximum atomic E-state index is 8.88. The van der Waals surface area contributed by atoms with E-state index in [1.54, 1.807) is 12.1 Å². The van der Waals surface area contributed by atoms with Gasteiger partial charge in [-0.15, -0.1) is 0 Å². The Labute approximate surface area is 107 Å². The Hall–Kier alpha value is -1.24. The Bertz CT molecular complexity index is 412. The molecule has 0 atom stereocenters. The first-order valence-corrected chi connectivity index (χ1v) is 6.05. The molecule has 0 aromatic heterocycles. The highest BCUT2D eigenvalue weighted by atomic mass is 35.5. The predicted octanol–water partition coefficient (Wildman–Crippen LogP) is 2.81. The van der Waals surface area contributed by atoms with Crippen LogP contribution >= 0.6 is 11.6 Å². The quantitative estimate of drug-likeness (QED) is 0.877. The molecule has 0 aliphatic heterocycles. The van der Waals surface area contributed by atoms with Crippen molar-refractivity contribution in [1.82, 2.24) is 0 Å². The van der Waals surface area contributed by atoms with E-state index >= 15 is 0 Å². The van der Waals surface area contributed by atoms with Gasteiger partial charge in [0.1, 0.15) is 6.07 Å². The topological polar surface area (TPSA) is 47.3 Å². The third kappa shape index (κ3) is 3.62. The van der Waals surface area contributed by atoms with Gasteiger partial charge in [-0.3, -0.25) is 0 Å². The Balaban J connectivity index is 2.95. The molecule has 0 saturated heterocycles. The fourth-order valence-corrected chi connectivity index (χ4v) is 1.92. The fourth-order valence-electron chi connectivity index (χ4n) is 1.70. The summed E-state index contributed by atoms with van der Waals surface area (Å²) in [6.45, 7) is 5.12. The summed E-state index contributed by atoms with van der Waals surface area (Å²) < 4.78 is 0. The van der Waals surface area contributed by atoms with E-state index in [4.69, 9.17) is 22.0 Å². The molecule has 0 heterocycles. The highest BCUT2D eigenvalue weighted by Gasteiger charge is 2.11. The fraction of sp³-hybridized carbons (Fsp3) is 0.462.